The summed E-state index contributed by atoms with van der Waals surface area (Å²) in [6.07, 6.45) is 5.46. The topological polar surface area (TPSA) is 23.5 Å². The van der Waals surface area contributed by atoms with Gasteiger partial charge in [-0.2, -0.15) is 0 Å². The van der Waals surface area contributed by atoms with E-state index < -0.39 is 0 Å². The zero-order valence-corrected chi connectivity index (χ0v) is 10.1. The zero-order chi connectivity index (χ0) is 10.8. The van der Waals surface area contributed by atoms with Crippen LogP contribution in [0.2, 0.25) is 0 Å². The maximum atomic E-state index is 9.40. The second-order valence-electron chi connectivity index (χ2n) is 3.99. The molecule has 1 atom stereocenters. The second-order valence-corrected chi connectivity index (χ2v) is 3.99. The molecule has 0 saturated heterocycles. The Bertz CT molecular complexity index is 117. The van der Waals surface area contributed by atoms with E-state index in [9.17, 15) is 5.11 Å². The molecule has 0 fully saturated rings. The van der Waals surface area contributed by atoms with Gasteiger partial charge >= 0.3 is 0 Å². The Kier molecular flexibility index (Phi) is 9.42. The standard InChI is InChI=1S/C12H27NO/c1-4-7-10-13(6-3)11-8-9-12(14)5-2/h12,14H,4-11H2,1-3H3. The first-order chi connectivity index (χ1) is 6.74. The van der Waals surface area contributed by atoms with E-state index in [4.69, 9.17) is 0 Å². The van der Waals surface area contributed by atoms with Gasteiger partial charge in [0.25, 0.3) is 0 Å². The number of aliphatic hydroxyl groups excluding tert-OH is 1. The lowest BCUT2D eigenvalue weighted by Crippen LogP contribution is -2.26. The normalized spacial score (nSPS) is 13.5. The van der Waals surface area contributed by atoms with E-state index in [2.05, 4.69) is 18.7 Å². The molecule has 1 unspecified atom stereocenters. The molecule has 2 heteroatoms. The molecule has 86 valence electrons. The average molecular weight is 201 g/mol. The smallest absolute Gasteiger partial charge is 0.0538 e. The first-order valence-electron chi connectivity index (χ1n) is 6.14. The van der Waals surface area contributed by atoms with Gasteiger partial charge in [0.1, 0.15) is 0 Å². The van der Waals surface area contributed by atoms with Crippen LogP contribution in [0.5, 0.6) is 0 Å². The summed E-state index contributed by atoms with van der Waals surface area (Å²) in [4.78, 5) is 2.48. The summed E-state index contributed by atoms with van der Waals surface area (Å²) < 4.78 is 0. The first-order valence-corrected chi connectivity index (χ1v) is 6.14. The molecular weight excluding hydrogens is 174 g/mol. The summed E-state index contributed by atoms with van der Waals surface area (Å²) in [6, 6.07) is 0. The van der Waals surface area contributed by atoms with Crippen molar-refractivity contribution in [2.75, 3.05) is 19.6 Å². The van der Waals surface area contributed by atoms with Gasteiger partial charge in [0.05, 0.1) is 6.10 Å². The van der Waals surface area contributed by atoms with Gasteiger partial charge < -0.3 is 10.0 Å². The molecule has 0 amide bonds. The van der Waals surface area contributed by atoms with Crippen molar-refractivity contribution in [1.82, 2.24) is 4.90 Å². The maximum absolute atomic E-state index is 9.40. The van der Waals surface area contributed by atoms with Crippen LogP contribution in [0.25, 0.3) is 0 Å². The monoisotopic (exact) mass is 201 g/mol. The van der Waals surface area contributed by atoms with Gasteiger partial charge in [-0.3, -0.25) is 0 Å². The number of hydrogen-bond donors (Lipinski definition) is 1. The predicted octanol–water partition coefficient (Wildman–Crippen LogP) is 2.66. The summed E-state index contributed by atoms with van der Waals surface area (Å²) in [5.41, 5.74) is 0. The van der Waals surface area contributed by atoms with Gasteiger partial charge in [0.2, 0.25) is 0 Å². The number of nitrogens with zero attached hydrogens (tertiary/aromatic N) is 1. The molecule has 0 spiro atoms. The molecule has 0 aliphatic carbocycles. The van der Waals surface area contributed by atoms with Gasteiger partial charge in [0.15, 0.2) is 0 Å². The third kappa shape index (κ3) is 7.34. The second kappa shape index (κ2) is 9.47. The molecule has 0 saturated carbocycles. The number of hydrogen-bond acceptors (Lipinski definition) is 2. The fraction of sp³-hybridized carbons (Fsp3) is 1.00. The Morgan fingerprint density at radius 1 is 1.07 bits per heavy atom. The Balaban J connectivity index is 3.42. The van der Waals surface area contributed by atoms with Crippen molar-refractivity contribution in [3.05, 3.63) is 0 Å². The molecule has 0 aromatic heterocycles. The van der Waals surface area contributed by atoms with Crippen LogP contribution in [-0.2, 0) is 0 Å². The van der Waals surface area contributed by atoms with Gasteiger partial charge in [-0.25, -0.2) is 0 Å². The van der Waals surface area contributed by atoms with E-state index in [1.54, 1.807) is 0 Å². The van der Waals surface area contributed by atoms with E-state index in [1.165, 1.54) is 19.4 Å². The van der Waals surface area contributed by atoms with Crippen LogP contribution in [-0.4, -0.2) is 35.7 Å². The SMILES string of the molecule is CCCCN(CC)CCCC(O)CC. The third-order valence-corrected chi connectivity index (χ3v) is 2.76. The lowest BCUT2D eigenvalue weighted by atomic mass is 10.1. The van der Waals surface area contributed by atoms with Gasteiger partial charge in [-0.1, -0.05) is 27.2 Å². The van der Waals surface area contributed by atoms with Crippen molar-refractivity contribution in [1.29, 1.82) is 0 Å². The van der Waals surface area contributed by atoms with Crippen molar-refractivity contribution in [2.45, 2.75) is 59.0 Å². The van der Waals surface area contributed by atoms with Crippen LogP contribution in [0.3, 0.4) is 0 Å². The predicted molar refractivity (Wildman–Crippen MR) is 62.6 cm³/mol. The maximum Gasteiger partial charge on any atom is 0.0538 e. The molecule has 0 aliphatic rings. The summed E-state index contributed by atoms with van der Waals surface area (Å²) in [5.74, 6) is 0. The minimum Gasteiger partial charge on any atom is -0.393 e. The molecule has 14 heavy (non-hydrogen) atoms. The Morgan fingerprint density at radius 3 is 2.21 bits per heavy atom. The van der Waals surface area contributed by atoms with Crippen LogP contribution in [0.4, 0.5) is 0 Å². The van der Waals surface area contributed by atoms with Crippen molar-refractivity contribution in [2.24, 2.45) is 0 Å². The van der Waals surface area contributed by atoms with Gasteiger partial charge in [-0.05, 0) is 45.3 Å². The zero-order valence-electron chi connectivity index (χ0n) is 10.1. The lowest BCUT2D eigenvalue weighted by molar-refractivity contribution is 0.149. The van der Waals surface area contributed by atoms with Crippen molar-refractivity contribution in [3.63, 3.8) is 0 Å². The summed E-state index contributed by atoms with van der Waals surface area (Å²) in [6.45, 7) is 9.99. The highest BCUT2D eigenvalue weighted by atomic mass is 16.3. The Hall–Kier alpha value is -0.0800. The van der Waals surface area contributed by atoms with Crippen molar-refractivity contribution < 1.29 is 5.11 Å². The van der Waals surface area contributed by atoms with E-state index in [0.717, 1.165) is 32.4 Å². The van der Waals surface area contributed by atoms with E-state index >= 15 is 0 Å². The minimum absolute atomic E-state index is 0.0834. The van der Waals surface area contributed by atoms with Gasteiger partial charge in [-0.15, -0.1) is 0 Å². The summed E-state index contributed by atoms with van der Waals surface area (Å²) >= 11 is 0. The number of unbranched alkanes of at least 4 members (excludes halogenated alkanes) is 1. The van der Waals surface area contributed by atoms with Crippen molar-refractivity contribution >= 4 is 0 Å². The Labute approximate surface area is 89.3 Å². The lowest BCUT2D eigenvalue weighted by Gasteiger charge is -2.20. The highest BCUT2D eigenvalue weighted by Gasteiger charge is 2.04. The number of aliphatic hydroxyl groups is 1. The molecule has 0 aliphatic heterocycles. The van der Waals surface area contributed by atoms with Crippen LogP contribution < -0.4 is 0 Å². The van der Waals surface area contributed by atoms with Crippen molar-refractivity contribution in [3.8, 4) is 0 Å². The van der Waals surface area contributed by atoms with Crippen LogP contribution in [0, 0.1) is 0 Å². The van der Waals surface area contributed by atoms with E-state index in [0.29, 0.717) is 0 Å². The highest BCUT2D eigenvalue weighted by molar-refractivity contribution is 4.58. The van der Waals surface area contributed by atoms with E-state index in [-0.39, 0.29) is 6.10 Å². The highest BCUT2D eigenvalue weighted by Crippen LogP contribution is 2.03. The average Bonchev–Trinajstić information content (AvgIpc) is 2.22. The van der Waals surface area contributed by atoms with Crippen LogP contribution in [0.15, 0.2) is 0 Å². The molecule has 0 aromatic carbocycles. The summed E-state index contributed by atoms with van der Waals surface area (Å²) in [7, 11) is 0. The Morgan fingerprint density at radius 2 is 1.71 bits per heavy atom. The van der Waals surface area contributed by atoms with Gasteiger partial charge in [0, 0.05) is 0 Å². The molecule has 0 rings (SSSR count). The molecule has 0 bridgehead atoms. The molecule has 0 radical (unpaired) electrons. The number of rotatable bonds is 9. The van der Waals surface area contributed by atoms with Crippen LogP contribution >= 0.6 is 0 Å². The molecule has 1 N–H and O–H groups in total. The third-order valence-electron chi connectivity index (χ3n) is 2.76. The molecule has 0 heterocycles. The van der Waals surface area contributed by atoms with Crippen LogP contribution in [0.1, 0.15) is 52.9 Å². The molecule has 2 nitrogen and oxygen atoms in total. The van der Waals surface area contributed by atoms with E-state index in [1.807, 2.05) is 6.92 Å². The largest absolute Gasteiger partial charge is 0.393 e. The molecule has 0 aromatic rings. The quantitative estimate of drug-likeness (QED) is 0.620. The first kappa shape index (κ1) is 13.9. The fourth-order valence-electron chi connectivity index (χ4n) is 1.56. The molecular formula is C12H27NO. The minimum atomic E-state index is -0.0834. The fourth-order valence-corrected chi connectivity index (χ4v) is 1.56. The summed E-state index contributed by atoms with van der Waals surface area (Å²) in [5, 5.41) is 9.40.